The summed E-state index contributed by atoms with van der Waals surface area (Å²) < 4.78 is 6.39. The van der Waals surface area contributed by atoms with E-state index in [0.717, 1.165) is 37.7 Å². The van der Waals surface area contributed by atoms with E-state index in [1.807, 2.05) is 60.7 Å². The Balaban J connectivity index is 1.38. The topological polar surface area (TPSA) is 59.0 Å². The van der Waals surface area contributed by atoms with Crippen LogP contribution in [0.15, 0.2) is 120 Å². The number of carbonyl (C=O) groups excluding carboxylic acids is 2. The molecule has 0 fully saturated rings. The van der Waals surface area contributed by atoms with E-state index in [9.17, 15) is 9.59 Å². The van der Waals surface area contributed by atoms with Crippen LogP contribution in [0.25, 0.3) is 27.6 Å². The minimum Gasteiger partial charge on any atom is -0.488 e. The molecular weight excluding hydrogens is 472 g/mol. The number of hydrogen-bond acceptors (Lipinski definition) is 4. The summed E-state index contributed by atoms with van der Waals surface area (Å²) in [5.74, 6) is -0.259. The number of hydrogen-bond donors (Lipinski definition) is 0. The van der Waals surface area contributed by atoms with Gasteiger partial charge in [0.2, 0.25) is 0 Å². The molecule has 1 heterocycles. The smallest absolute Gasteiger partial charge is 0.283 e. The van der Waals surface area contributed by atoms with Crippen molar-refractivity contribution in [1.82, 2.24) is 5.01 Å². The first-order chi connectivity index (χ1) is 18.6. The van der Waals surface area contributed by atoms with Crippen LogP contribution in [0.1, 0.15) is 28.4 Å². The van der Waals surface area contributed by atoms with Crippen LogP contribution in [0.3, 0.4) is 0 Å². The van der Waals surface area contributed by atoms with Gasteiger partial charge in [0.25, 0.3) is 11.8 Å². The second kappa shape index (κ2) is 9.79. The Labute approximate surface area is 220 Å². The molecule has 0 radical (unpaired) electrons. The fraction of sp³-hybridized carbons (Fsp3) is 0.0606. The summed E-state index contributed by atoms with van der Waals surface area (Å²) in [6.45, 7) is 2.11. The standard InChI is InChI=1S/C33H24N2O3/c1-22-29(33(37)35(34-22)32(36)25-12-3-2-4-13-25)20-30-28-17-8-6-11-24(28)18-19-31(30)38-21-26-15-9-14-23-10-5-7-16-27(23)26/h2-20H,21H2,1H3/b29-20+. The Morgan fingerprint density at radius 3 is 2.24 bits per heavy atom. The molecule has 0 bridgehead atoms. The van der Waals surface area contributed by atoms with Crippen LogP contribution < -0.4 is 4.74 Å². The molecule has 184 valence electrons. The van der Waals surface area contributed by atoms with Gasteiger partial charge in [-0.15, -0.1) is 0 Å². The Bertz CT molecular complexity index is 1760. The lowest BCUT2D eigenvalue weighted by molar-refractivity contribution is -0.123. The Morgan fingerprint density at radius 2 is 1.45 bits per heavy atom. The summed E-state index contributed by atoms with van der Waals surface area (Å²) in [5, 5.41) is 9.51. The molecule has 0 unspecified atom stereocenters. The molecule has 38 heavy (non-hydrogen) atoms. The molecule has 0 aliphatic carbocycles. The zero-order valence-corrected chi connectivity index (χ0v) is 20.8. The maximum Gasteiger partial charge on any atom is 0.283 e. The van der Waals surface area contributed by atoms with Crippen molar-refractivity contribution in [3.05, 3.63) is 131 Å². The lowest BCUT2D eigenvalue weighted by Crippen LogP contribution is -2.29. The van der Waals surface area contributed by atoms with Crippen molar-refractivity contribution in [1.29, 1.82) is 0 Å². The number of carbonyl (C=O) groups is 2. The number of hydrazone groups is 1. The number of fused-ring (bicyclic) bond motifs is 2. The van der Waals surface area contributed by atoms with Gasteiger partial charge in [0.1, 0.15) is 12.4 Å². The van der Waals surface area contributed by atoms with Crippen molar-refractivity contribution in [2.24, 2.45) is 5.10 Å². The van der Waals surface area contributed by atoms with E-state index in [2.05, 4.69) is 29.4 Å². The van der Waals surface area contributed by atoms with Crippen LogP contribution in [-0.4, -0.2) is 22.5 Å². The van der Waals surface area contributed by atoms with Crippen molar-refractivity contribution in [3.8, 4) is 5.75 Å². The molecule has 2 amide bonds. The van der Waals surface area contributed by atoms with Crippen LogP contribution in [0.4, 0.5) is 0 Å². The molecule has 0 N–H and O–H groups in total. The van der Waals surface area contributed by atoms with E-state index < -0.39 is 11.8 Å². The molecular formula is C33H24N2O3. The summed E-state index contributed by atoms with van der Waals surface area (Å²) in [6, 6.07) is 35.0. The first-order valence-corrected chi connectivity index (χ1v) is 12.4. The van der Waals surface area contributed by atoms with Gasteiger partial charge in [-0.2, -0.15) is 10.1 Å². The molecule has 0 saturated heterocycles. The third-order valence-corrected chi connectivity index (χ3v) is 6.76. The minimum atomic E-state index is -0.455. The number of amides is 2. The summed E-state index contributed by atoms with van der Waals surface area (Å²) in [6.07, 6.45) is 1.79. The van der Waals surface area contributed by atoms with Crippen molar-refractivity contribution in [2.45, 2.75) is 13.5 Å². The van der Waals surface area contributed by atoms with Gasteiger partial charge in [-0.1, -0.05) is 91.0 Å². The first-order valence-electron chi connectivity index (χ1n) is 12.4. The monoisotopic (exact) mass is 496 g/mol. The molecule has 5 nitrogen and oxygen atoms in total. The molecule has 0 aromatic heterocycles. The van der Waals surface area contributed by atoms with Gasteiger partial charge < -0.3 is 4.74 Å². The molecule has 1 aliphatic rings. The van der Waals surface area contributed by atoms with E-state index in [1.54, 1.807) is 37.3 Å². The third-order valence-electron chi connectivity index (χ3n) is 6.76. The fourth-order valence-electron chi connectivity index (χ4n) is 4.79. The van der Waals surface area contributed by atoms with Crippen molar-refractivity contribution >= 4 is 45.1 Å². The highest BCUT2D eigenvalue weighted by Gasteiger charge is 2.33. The summed E-state index contributed by atoms with van der Waals surface area (Å²) in [7, 11) is 0. The molecule has 5 aromatic rings. The molecule has 5 aromatic carbocycles. The van der Waals surface area contributed by atoms with Gasteiger partial charge in [-0.25, -0.2) is 0 Å². The molecule has 1 aliphatic heterocycles. The Hall–Kier alpha value is -5.03. The number of imide groups is 1. The molecule has 0 saturated carbocycles. The SMILES string of the molecule is CC1=NN(C(=O)c2ccccc2)C(=O)/C1=C/c1c(OCc2cccc3ccccc23)ccc2ccccc12. The quantitative estimate of drug-likeness (QED) is 0.194. The van der Waals surface area contributed by atoms with Gasteiger partial charge >= 0.3 is 0 Å². The molecule has 5 heteroatoms. The van der Waals surface area contributed by atoms with E-state index >= 15 is 0 Å². The largest absolute Gasteiger partial charge is 0.488 e. The normalized spacial score (nSPS) is 14.3. The summed E-state index contributed by atoms with van der Waals surface area (Å²) in [4.78, 5) is 26.4. The average Bonchev–Trinajstić information content (AvgIpc) is 3.25. The first kappa shape index (κ1) is 23.4. The van der Waals surface area contributed by atoms with E-state index in [1.165, 1.54) is 0 Å². The van der Waals surface area contributed by atoms with Gasteiger partial charge in [0.05, 0.1) is 11.3 Å². The second-order valence-electron chi connectivity index (χ2n) is 9.16. The van der Waals surface area contributed by atoms with Crippen LogP contribution in [0, 0.1) is 0 Å². The van der Waals surface area contributed by atoms with Gasteiger partial charge in [0.15, 0.2) is 0 Å². The van der Waals surface area contributed by atoms with Gasteiger partial charge in [-0.05, 0) is 58.3 Å². The molecule has 0 spiro atoms. The Morgan fingerprint density at radius 1 is 0.789 bits per heavy atom. The zero-order chi connectivity index (χ0) is 26.1. The van der Waals surface area contributed by atoms with E-state index in [0.29, 0.717) is 29.2 Å². The van der Waals surface area contributed by atoms with E-state index in [-0.39, 0.29) is 0 Å². The van der Waals surface area contributed by atoms with Crippen molar-refractivity contribution in [2.75, 3.05) is 0 Å². The maximum atomic E-state index is 13.4. The van der Waals surface area contributed by atoms with Gasteiger partial charge in [0, 0.05) is 11.1 Å². The number of benzene rings is 5. The number of ether oxygens (including phenoxy) is 1. The second-order valence-corrected chi connectivity index (χ2v) is 9.16. The summed E-state index contributed by atoms with van der Waals surface area (Å²) in [5.41, 5.74) is 3.09. The number of rotatable bonds is 5. The Kier molecular flexibility index (Phi) is 6.02. The number of nitrogens with zero attached hydrogens (tertiary/aromatic N) is 2. The zero-order valence-electron chi connectivity index (χ0n) is 20.8. The van der Waals surface area contributed by atoms with Gasteiger partial charge in [-0.3, -0.25) is 9.59 Å². The lowest BCUT2D eigenvalue weighted by atomic mass is 9.99. The maximum absolute atomic E-state index is 13.4. The molecule has 0 atom stereocenters. The highest BCUT2D eigenvalue weighted by atomic mass is 16.5. The minimum absolute atomic E-state index is 0.362. The van der Waals surface area contributed by atoms with Crippen LogP contribution in [0.5, 0.6) is 5.75 Å². The van der Waals surface area contributed by atoms with Crippen molar-refractivity contribution in [3.63, 3.8) is 0 Å². The average molecular weight is 497 g/mol. The van der Waals surface area contributed by atoms with Crippen molar-refractivity contribution < 1.29 is 14.3 Å². The van der Waals surface area contributed by atoms with Crippen LogP contribution >= 0.6 is 0 Å². The highest BCUT2D eigenvalue weighted by molar-refractivity contribution is 6.31. The highest BCUT2D eigenvalue weighted by Crippen LogP contribution is 2.33. The predicted octanol–water partition coefficient (Wildman–Crippen LogP) is 7.01. The fourth-order valence-corrected chi connectivity index (χ4v) is 4.79. The predicted molar refractivity (Wildman–Crippen MR) is 151 cm³/mol. The third kappa shape index (κ3) is 4.24. The lowest BCUT2D eigenvalue weighted by Gasteiger charge is -2.14. The van der Waals surface area contributed by atoms with Crippen LogP contribution in [-0.2, 0) is 11.4 Å². The van der Waals surface area contributed by atoms with E-state index in [4.69, 9.17) is 4.74 Å². The van der Waals surface area contributed by atoms with Crippen LogP contribution in [0.2, 0.25) is 0 Å². The summed E-state index contributed by atoms with van der Waals surface area (Å²) >= 11 is 0. The molecule has 6 rings (SSSR count).